The number of pyridine rings is 2. The summed E-state index contributed by atoms with van der Waals surface area (Å²) in [6.07, 6.45) is 10.6. The van der Waals surface area contributed by atoms with Crippen LogP contribution in [0.5, 0.6) is 5.75 Å². The number of rotatable bonds is 6. The van der Waals surface area contributed by atoms with Crippen molar-refractivity contribution in [3.8, 4) is 17.0 Å². The molecule has 0 bridgehead atoms. The number of hydrogen-bond acceptors (Lipinski definition) is 7. The number of ether oxygens (including phenoxy) is 3. The Morgan fingerprint density at radius 1 is 1.34 bits per heavy atom. The van der Waals surface area contributed by atoms with Crippen molar-refractivity contribution in [2.45, 2.75) is 31.9 Å². The van der Waals surface area contributed by atoms with Gasteiger partial charge < -0.3 is 29.1 Å². The molecule has 1 atom stereocenters. The summed E-state index contributed by atoms with van der Waals surface area (Å²) in [5.41, 5.74) is 3.94. The third-order valence-electron chi connectivity index (χ3n) is 6.54. The smallest absolute Gasteiger partial charge is 0.222 e. The molecular weight excluding hydrogens is 448 g/mol. The summed E-state index contributed by atoms with van der Waals surface area (Å²) in [6, 6.07) is 3.86. The van der Waals surface area contributed by atoms with Crippen LogP contribution in [0, 0.1) is 0 Å². The molecule has 1 amide bonds. The van der Waals surface area contributed by atoms with Crippen LogP contribution in [0.4, 0.5) is 5.82 Å². The summed E-state index contributed by atoms with van der Waals surface area (Å²) in [5, 5.41) is 3.67. The average molecular weight is 475 g/mol. The molecule has 6 rings (SSSR count). The first kappa shape index (κ1) is 21.8. The molecule has 0 saturated carbocycles. The van der Waals surface area contributed by atoms with E-state index in [2.05, 4.69) is 20.3 Å². The number of carbonyl (C=O) groups is 1. The second-order valence-corrected chi connectivity index (χ2v) is 8.88. The molecule has 2 N–H and O–H groups in total. The van der Waals surface area contributed by atoms with Crippen LogP contribution in [0.25, 0.3) is 22.2 Å². The summed E-state index contributed by atoms with van der Waals surface area (Å²) in [4.78, 5) is 28.4. The fraction of sp³-hybridized carbons (Fsp3) is 0.360. The van der Waals surface area contributed by atoms with Gasteiger partial charge in [0.2, 0.25) is 5.91 Å². The predicted molar refractivity (Wildman–Crippen MR) is 128 cm³/mol. The first-order valence-corrected chi connectivity index (χ1v) is 11.7. The van der Waals surface area contributed by atoms with Gasteiger partial charge in [-0.25, -0.2) is 15.0 Å². The van der Waals surface area contributed by atoms with Crippen LogP contribution in [0.3, 0.4) is 0 Å². The van der Waals surface area contributed by atoms with Crippen molar-refractivity contribution in [3.05, 3.63) is 54.5 Å². The van der Waals surface area contributed by atoms with Crippen LogP contribution in [0.1, 0.15) is 24.6 Å². The Labute approximate surface area is 201 Å². The normalized spacial score (nSPS) is 19.2. The Bertz CT molecular complexity index is 1370. The van der Waals surface area contributed by atoms with Crippen LogP contribution < -0.4 is 10.1 Å². The van der Waals surface area contributed by atoms with Gasteiger partial charge in [-0.2, -0.15) is 0 Å². The summed E-state index contributed by atoms with van der Waals surface area (Å²) < 4.78 is 20.4. The molecule has 4 aromatic rings. The Hall–Kier alpha value is -3.76. The van der Waals surface area contributed by atoms with Crippen molar-refractivity contribution in [3.63, 3.8) is 0 Å². The molecule has 1 unspecified atom stereocenters. The number of aromatic nitrogens is 5. The maximum Gasteiger partial charge on any atom is 0.222 e. The highest BCUT2D eigenvalue weighted by molar-refractivity contribution is 5.97. The maximum atomic E-state index is 11.6. The number of carbonyl (C=O) groups excluding carboxylic acids is 1. The van der Waals surface area contributed by atoms with Gasteiger partial charge in [0.25, 0.3) is 0 Å². The molecule has 6 heterocycles. The van der Waals surface area contributed by atoms with E-state index in [0.29, 0.717) is 38.8 Å². The van der Waals surface area contributed by atoms with Crippen molar-refractivity contribution in [1.82, 2.24) is 24.5 Å². The fourth-order valence-corrected chi connectivity index (χ4v) is 4.86. The topological polar surface area (TPSA) is 116 Å². The number of imidazole rings is 1. The van der Waals surface area contributed by atoms with E-state index in [4.69, 9.17) is 19.2 Å². The van der Waals surface area contributed by atoms with E-state index in [9.17, 15) is 4.79 Å². The minimum Gasteiger partial charge on any atom is -0.491 e. The van der Waals surface area contributed by atoms with E-state index in [1.807, 2.05) is 29.1 Å². The number of anilines is 1. The van der Waals surface area contributed by atoms with Crippen LogP contribution in [0.15, 0.2) is 43.2 Å². The minimum atomic E-state index is -0.555. The number of fused-ring (bicyclic) bond motifs is 3. The number of aromatic amines is 1. The van der Waals surface area contributed by atoms with Gasteiger partial charge in [0.15, 0.2) is 0 Å². The van der Waals surface area contributed by atoms with Gasteiger partial charge in [0, 0.05) is 67.5 Å². The lowest BCUT2D eigenvalue weighted by Gasteiger charge is -2.34. The zero-order valence-corrected chi connectivity index (χ0v) is 19.4. The largest absolute Gasteiger partial charge is 0.491 e. The van der Waals surface area contributed by atoms with Gasteiger partial charge in [-0.3, -0.25) is 4.79 Å². The molecule has 35 heavy (non-hydrogen) atoms. The lowest BCUT2D eigenvalue weighted by molar-refractivity contribution is -0.114. The molecule has 180 valence electrons. The summed E-state index contributed by atoms with van der Waals surface area (Å²) in [5.74, 6) is 1.13. The van der Waals surface area contributed by atoms with E-state index in [-0.39, 0.29) is 5.91 Å². The minimum absolute atomic E-state index is 0.172. The van der Waals surface area contributed by atoms with Crippen molar-refractivity contribution in [2.24, 2.45) is 0 Å². The quantitative estimate of drug-likeness (QED) is 0.441. The second kappa shape index (κ2) is 8.79. The summed E-state index contributed by atoms with van der Waals surface area (Å²) >= 11 is 0. The van der Waals surface area contributed by atoms with E-state index in [1.54, 1.807) is 18.7 Å². The van der Waals surface area contributed by atoms with E-state index < -0.39 is 5.60 Å². The highest BCUT2D eigenvalue weighted by Crippen LogP contribution is 2.43. The molecule has 2 aliphatic rings. The van der Waals surface area contributed by atoms with Gasteiger partial charge in [-0.05, 0) is 6.07 Å². The van der Waals surface area contributed by atoms with Crippen LogP contribution in [-0.2, 0) is 32.8 Å². The lowest BCUT2D eigenvalue weighted by Crippen LogP contribution is -2.37. The monoisotopic (exact) mass is 474 g/mol. The highest BCUT2D eigenvalue weighted by Gasteiger charge is 2.44. The lowest BCUT2D eigenvalue weighted by atomic mass is 9.89. The Balaban J connectivity index is 1.43. The molecule has 0 aromatic carbocycles. The van der Waals surface area contributed by atoms with Crippen molar-refractivity contribution in [2.75, 3.05) is 31.7 Å². The molecule has 1 saturated heterocycles. The third-order valence-corrected chi connectivity index (χ3v) is 6.54. The number of nitrogens with one attached hydrogen (secondary N) is 2. The fourth-order valence-electron chi connectivity index (χ4n) is 4.86. The van der Waals surface area contributed by atoms with Gasteiger partial charge in [-0.15, -0.1) is 0 Å². The van der Waals surface area contributed by atoms with Crippen LogP contribution >= 0.6 is 0 Å². The maximum absolute atomic E-state index is 11.6. The average Bonchev–Trinajstić information content (AvgIpc) is 3.61. The molecule has 10 nitrogen and oxygen atoms in total. The van der Waals surface area contributed by atoms with Crippen LogP contribution in [-0.4, -0.2) is 56.8 Å². The Kier molecular flexibility index (Phi) is 5.46. The van der Waals surface area contributed by atoms with Gasteiger partial charge in [0.05, 0.1) is 49.2 Å². The predicted octanol–water partition coefficient (Wildman–Crippen LogP) is 3.05. The number of H-pyrrole nitrogens is 1. The molecule has 4 aromatic heterocycles. The van der Waals surface area contributed by atoms with Gasteiger partial charge in [-0.1, -0.05) is 0 Å². The molecule has 0 radical (unpaired) electrons. The molecule has 1 spiro atoms. The number of amides is 1. The number of hydrogen-bond donors (Lipinski definition) is 2. The molecular formula is C25H26N6O4. The van der Waals surface area contributed by atoms with Crippen molar-refractivity contribution in [1.29, 1.82) is 0 Å². The Morgan fingerprint density at radius 3 is 3.09 bits per heavy atom. The van der Waals surface area contributed by atoms with E-state index in [1.165, 1.54) is 6.92 Å². The first-order chi connectivity index (χ1) is 17.1. The van der Waals surface area contributed by atoms with Crippen molar-refractivity contribution < 1.29 is 19.0 Å². The standard InChI is InChI=1S/C25H26N6O4/c1-16(32)29-23-10-18-19(12-27-21(18)13-28-23)20-11-22(34-9-6-31-5-4-26-15-31)17-2-7-35-25(24(17)30-20)3-8-33-14-25/h4-5,10-13,15,27H,2-3,6-9,14H2,1H3,(H,28,29,32). The number of nitrogens with zero attached hydrogens (tertiary/aromatic N) is 4. The van der Waals surface area contributed by atoms with E-state index >= 15 is 0 Å². The molecule has 10 heteroatoms. The van der Waals surface area contributed by atoms with Gasteiger partial charge in [0.1, 0.15) is 23.8 Å². The van der Waals surface area contributed by atoms with Gasteiger partial charge >= 0.3 is 0 Å². The molecule has 1 fully saturated rings. The third kappa shape index (κ3) is 4.04. The SMILES string of the molecule is CC(=O)Nc1cc2c(-c3cc(OCCn4ccnc4)c4c(n3)C3(CCOC3)OCC4)c[nH]c2cn1. The van der Waals surface area contributed by atoms with Crippen LogP contribution in [0.2, 0.25) is 0 Å². The highest BCUT2D eigenvalue weighted by atomic mass is 16.6. The van der Waals surface area contributed by atoms with Crippen molar-refractivity contribution >= 4 is 22.6 Å². The summed E-state index contributed by atoms with van der Waals surface area (Å²) in [6.45, 7) is 4.38. The first-order valence-electron chi connectivity index (χ1n) is 11.7. The Morgan fingerprint density at radius 2 is 2.29 bits per heavy atom. The molecule has 0 aliphatic carbocycles. The zero-order valence-electron chi connectivity index (χ0n) is 19.4. The zero-order chi connectivity index (χ0) is 23.8. The van der Waals surface area contributed by atoms with E-state index in [0.717, 1.165) is 52.0 Å². The second-order valence-electron chi connectivity index (χ2n) is 8.88. The molecule has 2 aliphatic heterocycles. The summed E-state index contributed by atoms with van der Waals surface area (Å²) in [7, 11) is 0.